The summed E-state index contributed by atoms with van der Waals surface area (Å²) < 4.78 is 6.37. The number of ether oxygens (including phenoxy) is 1. The summed E-state index contributed by atoms with van der Waals surface area (Å²) in [6.07, 6.45) is 0.946. The third-order valence-electron chi connectivity index (χ3n) is 2.56. The zero-order chi connectivity index (χ0) is 11.5. The Bertz CT molecular complexity index is 406. The van der Waals surface area contributed by atoms with Crippen molar-refractivity contribution < 1.29 is 9.53 Å². The number of halogens is 1. The van der Waals surface area contributed by atoms with Crippen LogP contribution in [0.2, 0.25) is 0 Å². The Morgan fingerprint density at radius 1 is 1.44 bits per heavy atom. The number of carbonyl (C=O) groups excluding carboxylic acids is 1. The lowest BCUT2D eigenvalue weighted by molar-refractivity contribution is -0.123. The van der Waals surface area contributed by atoms with Crippen molar-refractivity contribution in [1.82, 2.24) is 0 Å². The summed E-state index contributed by atoms with van der Waals surface area (Å²) >= 11 is 3.43. The molecule has 0 atom stereocenters. The summed E-state index contributed by atoms with van der Waals surface area (Å²) in [5.41, 5.74) is 2.04. The van der Waals surface area contributed by atoms with Crippen LogP contribution in [0.25, 0.3) is 0 Å². The van der Waals surface area contributed by atoms with Crippen LogP contribution in [0.3, 0.4) is 0 Å². The Balaban J connectivity index is 2.41. The summed E-state index contributed by atoms with van der Waals surface area (Å²) in [5, 5.41) is 0. The molecule has 1 aromatic carbocycles. The highest BCUT2D eigenvalue weighted by atomic mass is 79.9. The van der Waals surface area contributed by atoms with Crippen molar-refractivity contribution in [2.45, 2.75) is 20.0 Å². The second kappa shape index (κ2) is 4.97. The van der Waals surface area contributed by atoms with Gasteiger partial charge >= 0.3 is 0 Å². The minimum Gasteiger partial charge on any atom is -0.367 e. The third-order valence-corrected chi connectivity index (χ3v) is 3.06. The predicted molar refractivity (Wildman–Crippen MR) is 66.4 cm³/mol. The van der Waals surface area contributed by atoms with Crippen LogP contribution in [0.1, 0.15) is 18.9 Å². The Labute approximate surface area is 104 Å². The zero-order valence-corrected chi connectivity index (χ0v) is 10.8. The van der Waals surface area contributed by atoms with E-state index in [-0.39, 0.29) is 12.5 Å². The van der Waals surface area contributed by atoms with E-state index in [2.05, 4.69) is 22.9 Å². The molecule has 86 valence electrons. The molecule has 0 saturated carbocycles. The fraction of sp³-hybridized carbons (Fsp3) is 0.417. The largest absolute Gasteiger partial charge is 0.367 e. The number of anilines is 1. The molecule has 16 heavy (non-hydrogen) atoms. The van der Waals surface area contributed by atoms with Crippen molar-refractivity contribution in [3.8, 4) is 0 Å². The van der Waals surface area contributed by atoms with Crippen LogP contribution >= 0.6 is 15.9 Å². The van der Waals surface area contributed by atoms with Crippen molar-refractivity contribution in [3.63, 3.8) is 0 Å². The topological polar surface area (TPSA) is 29.5 Å². The van der Waals surface area contributed by atoms with Gasteiger partial charge in [-0.25, -0.2) is 0 Å². The normalized spacial score (nSPS) is 15.9. The molecule has 0 spiro atoms. The molecule has 2 rings (SSSR count). The van der Waals surface area contributed by atoms with Crippen molar-refractivity contribution in [2.24, 2.45) is 0 Å². The van der Waals surface area contributed by atoms with Gasteiger partial charge in [0.25, 0.3) is 5.91 Å². The standard InChI is InChI=1S/C12H14BrNO2/c1-2-5-14-11-4-3-10(13)6-9(11)7-16-8-12(14)15/h3-4,6H,2,5,7-8H2,1H3. The first-order valence-electron chi connectivity index (χ1n) is 5.39. The Morgan fingerprint density at radius 3 is 3.00 bits per heavy atom. The average Bonchev–Trinajstić information content (AvgIpc) is 2.40. The van der Waals surface area contributed by atoms with E-state index < -0.39 is 0 Å². The minimum absolute atomic E-state index is 0.0444. The molecular formula is C12H14BrNO2. The van der Waals surface area contributed by atoms with Crippen LogP contribution in [0.5, 0.6) is 0 Å². The smallest absolute Gasteiger partial charge is 0.252 e. The first-order chi connectivity index (χ1) is 7.72. The van der Waals surface area contributed by atoms with Crippen molar-refractivity contribution in [2.75, 3.05) is 18.1 Å². The van der Waals surface area contributed by atoms with E-state index >= 15 is 0 Å². The molecule has 1 heterocycles. The van der Waals surface area contributed by atoms with Crippen molar-refractivity contribution in [1.29, 1.82) is 0 Å². The molecule has 0 aliphatic carbocycles. The zero-order valence-electron chi connectivity index (χ0n) is 9.20. The molecular weight excluding hydrogens is 270 g/mol. The SMILES string of the molecule is CCCN1C(=O)COCc2cc(Br)ccc21. The predicted octanol–water partition coefficient (Wildman–Crippen LogP) is 2.72. The summed E-state index contributed by atoms with van der Waals surface area (Å²) in [7, 11) is 0. The van der Waals surface area contributed by atoms with E-state index in [1.54, 1.807) is 0 Å². The van der Waals surface area contributed by atoms with Gasteiger partial charge in [-0.2, -0.15) is 0 Å². The van der Waals surface area contributed by atoms with Crippen LogP contribution in [0.4, 0.5) is 5.69 Å². The lowest BCUT2D eigenvalue weighted by Gasteiger charge is -2.21. The highest BCUT2D eigenvalue weighted by Gasteiger charge is 2.21. The number of rotatable bonds is 2. The molecule has 0 aromatic heterocycles. The summed E-state index contributed by atoms with van der Waals surface area (Å²) in [6, 6.07) is 5.94. The number of fused-ring (bicyclic) bond motifs is 1. The second-order valence-electron chi connectivity index (χ2n) is 3.81. The van der Waals surface area contributed by atoms with Gasteiger partial charge in [0.05, 0.1) is 6.61 Å². The number of nitrogens with zero attached hydrogens (tertiary/aromatic N) is 1. The van der Waals surface area contributed by atoms with E-state index in [9.17, 15) is 4.79 Å². The van der Waals surface area contributed by atoms with E-state index in [1.165, 1.54) is 0 Å². The van der Waals surface area contributed by atoms with Crippen LogP contribution in [0, 0.1) is 0 Å². The van der Waals surface area contributed by atoms with Gasteiger partial charge in [-0.1, -0.05) is 22.9 Å². The Kier molecular flexibility index (Phi) is 3.61. The van der Waals surface area contributed by atoms with Crippen molar-refractivity contribution >= 4 is 27.5 Å². The molecule has 3 nitrogen and oxygen atoms in total. The summed E-state index contributed by atoms with van der Waals surface area (Å²) in [5.74, 6) is 0.0444. The van der Waals surface area contributed by atoms with E-state index in [1.807, 2.05) is 23.1 Å². The maximum absolute atomic E-state index is 11.8. The van der Waals surface area contributed by atoms with Gasteiger partial charge in [0.2, 0.25) is 0 Å². The van der Waals surface area contributed by atoms with Crippen molar-refractivity contribution in [3.05, 3.63) is 28.2 Å². The first-order valence-corrected chi connectivity index (χ1v) is 6.18. The maximum atomic E-state index is 11.8. The van der Waals surface area contributed by atoms with Gasteiger partial charge in [-0.05, 0) is 24.6 Å². The number of amides is 1. The van der Waals surface area contributed by atoms with Crippen LogP contribution in [0.15, 0.2) is 22.7 Å². The van der Waals surface area contributed by atoms with E-state index in [0.717, 1.165) is 28.7 Å². The summed E-state index contributed by atoms with van der Waals surface area (Å²) in [4.78, 5) is 13.7. The van der Waals surface area contributed by atoms with Crippen LogP contribution in [-0.4, -0.2) is 19.1 Å². The molecule has 0 radical (unpaired) electrons. The van der Waals surface area contributed by atoms with Gasteiger partial charge in [0.15, 0.2) is 0 Å². The number of carbonyl (C=O) groups is 1. The molecule has 1 aliphatic rings. The van der Waals surface area contributed by atoms with Gasteiger partial charge in [0.1, 0.15) is 6.61 Å². The van der Waals surface area contributed by atoms with Gasteiger partial charge in [0, 0.05) is 22.3 Å². The summed E-state index contributed by atoms with van der Waals surface area (Å²) in [6.45, 7) is 3.49. The highest BCUT2D eigenvalue weighted by molar-refractivity contribution is 9.10. The monoisotopic (exact) mass is 283 g/mol. The third kappa shape index (κ3) is 2.28. The molecule has 0 bridgehead atoms. The molecule has 1 aromatic rings. The quantitative estimate of drug-likeness (QED) is 0.835. The van der Waals surface area contributed by atoms with Gasteiger partial charge < -0.3 is 9.64 Å². The Morgan fingerprint density at radius 2 is 2.25 bits per heavy atom. The molecule has 0 saturated heterocycles. The number of hydrogen-bond donors (Lipinski definition) is 0. The van der Waals surface area contributed by atoms with Crippen LogP contribution < -0.4 is 4.90 Å². The second-order valence-corrected chi connectivity index (χ2v) is 4.73. The molecule has 0 N–H and O–H groups in total. The van der Waals surface area contributed by atoms with Crippen LogP contribution in [-0.2, 0) is 16.1 Å². The fourth-order valence-corrected chi connectivity index (χ4v) is 2.27. The lowest BCUT2D eigenvalue weighted by Crippen LogP contribution is -2.33. The minimum atomic E-state index is 0.0444. The molecule has 4 heteroatoms. The Hall–Kier alpha value is -0.870. The van der Waals surface area contributed by atoms with Gasteiger partial charge in [-0.15, -0.1) is 0 Å². The average molecular weight is 284 g/mol. The highest BCUT2D eigenvalue weighted by Crippen LogP contribution is 2.27. The molecule has 0 unspecified atom stereocenters. The molecule has 1 aliphatic heterocycles. The van der Waals surface area contributed by atoms with E-state index in [0.29, 0.717) is 6.61 Å². The first kappa shape index (κ1) is 11.6. The van der Waals surface area contributed by atoms with E-state index in [4.69, 9.17) is 4.74 Å². The lowest BCUT2D eigenvalue weighted by atomic mass is 10.1. The fourth-order valence-electron chi connectivity index (χ4n) is 1.86. The maximum Gasteiger partial charge on any atom is 0.252 e. The number of benzene rings is 1. The number of hydrogen-bond acceptors (Lipinski definition) is 2. The van der Waals surface area contributed by atoms with Gasteiger partial charge in [-0.3, -0.25) is 4.79 Å². The molecule has 0 fully saturated rings. The molecule has 1 amide bonds.